The van der Waals surface area contributed by atoms with Crippen LogP contribution in [0.4, 0.5) is 5.82 Å². The van der Waals surface area contributed by atoms with Gasteiger partial charge in [0.05, 0.1) is 11.1 Å². The van der Waals surface area contributed by atoms with Crippen molar-refractivity contribution in [3.05, 3.63) is 24.3 Å². The standard InChI is InChI=1S/C13H19N5S/c1-13(2,3)12-16-10(14-4)6-11(17-12)19-9-7-15-18(5)8-9/h6-8H,1-5H3,(H,14,16,17). The highest BCUT2D eigenvalue weighted by Crippen LogP contribution is 2.29. The highest BCUT2D eigenvalue weighted by atomic mass is 32.2. The van der Waals surface area contributed by atoms with E-state index in [1.807, 2.05) is 32.6 Å². The third-order valence-electron chi connectivity index (χ3n) is 2.53. The minimum atomic E-state index is -0.0723. The first kappa shape index (κ1) is 13.9. The van der Waals surface area contributed by atoms with Crippen LogP contribution in [0.2, 0.25) is 0 Å². The summed E-state index contributed by atoms with van der Waals surface area (Å²) in [5, 5.41) is 8.18. The van der Waals surface area contributed by atoms with Crippen LogP contribution in [0, 0.1) is 0 Å². The first-order valence-electron chi connectivity index (χ1n) is 6.12. The second-order valence-electron chi connectivity index (χ2n) is 5.37. The van der Waals surface area contributed by atoms with Crippen LogP contribution >= 0.6 is 11.8 Å². The predicted octanol–water partition coefficient (Wildman–Crippen LogP) is 2.70. The molecule has 2 aromatic heterocycles. The SMILES string of the molecule is CNc1cc(Sc2cnn(C)c2)nc(C(C)(C)C)n1. The highest BCUT2D eigenvalue weighted by molar-refractivity contribution is 7.99. The summed E-state index contributed by atoms with van der Waals surface area (Å²) in [7, 11) is 3.77. The largest absolute Gasteiger partial charge is 0.373 e. The maximum Gasteiger partial charge on any atom is 0.137 e. The number of anilines is 1. The van der Waals surface area contributed by atoms with Gasteiger partial charge in [-0.2, -0.15) is 5.10 Å². The van der Waals surface area contributed by atoms with Gasteiger partial charge in [-0.25, -0.2) is 9.97 Å². The van der Waals surface area contributed by atoms with Gasteiger partial charge in [-0.15, -0.1) is 0 Å². The van der Waals surface area contributed by atoms with Gasteiger partial charge in [-0.3, -0.25) is 4.68 Å². The van der Waals surface area contributed by atoms with Crippen molar-refractivity contribution in [3.63, 3.8) is 0 Å². The molecule has 0 atom stereocenters. The van der Waals surface area contributed by atoms with Crippen LogP contribution in [0.25, 0.3) is 0 Å². The number of nitrogens with one attached hydrogen (secondary N) is 1. The molecule has 6 heteroatoms. The average Bonchev–Trinajstić information content (AvgIpc) is 2.73. The van der Waals surface area contributed by atoms with Gasteiger partial charge in [0, 0.05) is 31.8 Å². The molecule has 19 heavy (non-hydrogen) atoms. The van der Waals surface area contributed by atoms with E-state index in [9.17, 15) is 0 Å². The fraction of sp³-hybridized carbons (Fsp3) is 0.462. The molecule has 0 fully saturated rings. The van der Waals surface area contributed by atoms with Crippen LogP contribution in [0.1, 0.15) is 26.6 Å². The molecule has 0 saturated heterocycles. The molecular formula is C13H19N5S. The van der Waals surface area contributed by atoms with Crippen molar-refractivity contribution in [3.8, 4) is 0 Å². The Labute approximate surface area is 117 Å². The van der Waals surface area contributed by atoms with Crippen molar-refractivity contribution >= 4 is 17.6 Å². The third kappa shape index (κ3) is 3.47. The summed E-state index contributed by atoms with van der Waals surface area (Å²) in [4.78, 5) is 10.2. The molecule has 0 aliphatic carbocycles. The molecule has 0 bridgehead atoms. The van der Waals surface area contributed by atoms with Crippen LogP contribution in [-0.4, -0.2) is 26.8 Å². The molecule has 2 rings (SSSR count). The molecule has 0 aliphatic heterocycles. The summed E-state index contributed by atoms with van der Waals surface area (Å²) in [6.07, 6.45) is 3.81. The van der Waals surface area contributed by atoms with E-state index in [2.05, 4.69) is 41.2 Å². The fourth-order valence-corrected chi connectivity index (χ4v) is 2.36. The quantitative estimate of drug-likeness (QED) is 0.874. The van der Waals surface area contributed by atoms with E-state index < -0.39 is 0 Å². The summed E-state index contributed by atoms with van der Waals surface area (Å²) in [5.74, 6) is 1.68. The molecule has 0 saturated carbocycles. The van der Waals surface area contributed by atoms with E-state index in [0.29, 0.717) is 0 Å². The second kappa shape index (κ2) is 5.21. The Morgan fingerprint density at radius 3 is 2.53 bits per heavy atom. The molecule has 0 aliphatic rings. The summed E-state index contributed by atoms with van der Waals surface area (Å²) >= 11 is 1.59. The first-order chi connectivity index (χ1) is 8.88. The van der Waals surface area contributed by atoms with Crippen molar-refractivity contribution in [1.82, 2.24) is 19.7 Å². The van der Waals surface area contributed by atoms with E-state index in [4.69, 9.17) is 0 Å². The van der Waals surface area contributed by atoms with Gasteiger partial charge >= 0.3 is 0 Å². The Balaban J connectivity index is 2.34. The Bertz CT molecular complexity index is 571. The van der Waals surface area contributed by atoms with E-state index in [1.54, 1.807) is 16.4 Å². The topological polar surface area (TPSA) is 55.6 Å². The monoisotopic (exact) mass is 277 g/mol. The zero-order chi connectivity index (χ0) is 14.0. The lowest BCUT2D eigenvalue weighted by Gasteiger charge is -2.18. The summed E-state index contributed by atoms with van der Waals surface area (Å²) in [6.45, 7) is 6.33. The number of hydrogen-bond acceptors (Lipinski definition) is 5. The van der Waals surface area contributed by atoms with Gasteiger partial charge in [0.15, 0.2) is 0 Å². The molecule has 2 aromatic rings. The smallest absolute Gasteiger partial charge is 0.137 e. The van der Waals surface area contributed by atoms with Gasteiger partial charge in [-0.05, 0) is 0 Å². The molecule has 0 aromatic carbocycles. The van der Waals surface area contributed by atoms with Crippen molar-refractivity contribution in [2.24, 2.45) is 7.05 Å². The number of rotatable bonds is 3. The molecule has 0 unspecified atom stereocenters. The molecule has 102 valence electrons. The van der Waals surface area contributed by atoms with E-state index >= 15 is 0 Å². The number of aromatic nitrogens is 4. The fourth-order valence-electron chi connectivity index (χ4n) is 1.51. The normalized spacial score (nSPS) is 11.6. The number of nitrogens with zero attached hydrogens (tertiary/aromatic N) is 4. The van der Waals surface area contributed by atoms with Gasteiger partial charge in [0.25, 0.3) is 0 Å². The van der Waals surface area contributed by atoms with Crippen molar-refractivity contribution in [1.29, 1.82) is 0 Å². The van der Waals surface area contributed by atoms with Crippen LogP contribution in [0.5, 0.6) is 0 Å². The van der Waals surface area contributed by atoms with E-state index in [-0.39, 0.29) is 5.41 Å². The molecule has 5 nitrogen and oxygen atoms in total. The van der Waals surface area contributed by atoms with Crippen LogP contribution in [0.15, 0.2) is 28.4 Å². The van der Waals surface area contributed by atoms with Crippen molar-refractivity contribution in [2.75, 3.05) is 12.4 Å². The van der Waals surface area contributed by atoms with Crippen LogP contribution in [-0.2, 0) is 12.5 Å². The Kier molecular flexibility index (Phi) is 3.80. The maximum absolute atomic E-state index is 4.63. The Morgan fingerprint density at radius 1 is 1.26 bits per heavy atom. The van der Waals surface area contributed by atoms with Gasteiger partial charge in [0.1, 0.15) is 16.7 Å². The lowest BCUT2D eigenvalue weighted by molar-refractivity contribution is 0.539. The average molecular weight is 277 g/mol. The zero-order valence-corrected chi connectivity index (χ0v) is 12.7. The predicted molar refractivity (Wildman–Crippen MR) is 77.6 cm³/mol. The summed E-state index contributed by atoms with van der Waals surface area (Å²) in [5.41, 5.74) is -0.0723. The first-order valence-corrected chi connectivity index (χ1v) is 6.94. The van der Waals surface area contributed by atoms with E-state index in [1.165, 1.54) is 0 Å². The summed E-state index contributed by atoms with van der Waals surface area (Å²) < 4.78 is 1.78. The molecular weight excluding hydrogens is 258 g/mol. The number of hydrogen-bond donors (Lipinski definition) is 1. The lowest BCUT2D eigenvalue weighted by Crippen LogP contribution is -2.17. The molecule has 2 heterocycles. The van der Waals surface area contributed by atoms with Gasteiger partial charge in [0.2, 0.25) is 0 Å². The lowest BCUT2D eigenvalue weighted by atomic mass is 9.96. The van der Waals surface area contributed by atoms with Crippen molar-refractivity contribution < 1.29 is 0 Å². The van der Waals surface area contributed by atoms with Gasteiger partial charge < -0.3 is 5.32 Å². The van der Waals surface area contributed by atoms with Crippen molar-refractivity contribution in [2.45, 2.75) is 36.1 Å². The highest BCUT2D eigenvalue weighted by Gasteiger charge is 2.19. The summed E-state index contributed by atoms with van der Waals surface area (Å²) in [6, 6.07) is 1.95. The molecule has 0 spiro atoms. The minimum Gasteiger partial charge on any atom is -0.373 e. The molecule has 0 radical (unpaired) electrons. The van der Waals surface area contributed by atoms with Crippen LogP contribution in [0.3, 0.4) is 0 Å². The maximum atomic E-state index is 4.63. The minimum absolute atomic E-state index is 0.0723. The Morgan fingerprint density at radius 2 is 2.00 bits per heavy atom. The molecule has 1 N–H and O–H groups in total. The zero-order valence-electron chi connectivity index (χ0n) is 11.9. The third-order valence-corrected chi connectivity index (χ3v) is 3.40. The van der Waals surface area contributed by atoms with E-state index in [0.717, 1.165) is 21.6 Å². The second-order valence-corrected chi connectivity index (χ2v) is 6.46. The number of aryl methyl sites for hydroxylation is 1. The molecule has 0 amide bonds. The van der Waals surface area contributed by atoms with Gasteiger partial charge in [-0.1, -0.05) is 32.5 Å². The van der Waals surface area contributed by atoms with Crippen LogP contribution < -0.4 is 5.32 Å². The Hall–Kier alpha value is -1.56.